The first-order chi connectivity index (χ1) is 14.8. The lowest BCUT2D eigenvalue weighted by molar-refractivity contribution is 0.102. The maximum Gasteiger partial charge on any atom is 0.284 e. The molecular weight excluding hydrogens is 436 g/mol. The quantitative estimate of drug-likeness (QED) is 0.568. The third-order valence-electron chi connectivity index (χ3n) is 5.06. The number of fused-ring (bicyclic) bond motifs is 1. The van der Waals surface area contributed by atoms with Crippen LogP contribution in [0.3, 0.4) is 0 Å². The summed E-state index contributed by atoms with van der Waals surface area (Å²) in [5.74, 6) is 0.173. The van der Waals surface area contributed by atoms with Crippen LogP contribution in [-0.2, 0) is 23.0 Å². The van der Waals surface area contributed by atoms with Crippen molar-refractivity contribution in [3.8, 4) is 5.75 Å². The van der Waals surface area contributed by atoms with Gasteiger partial charge in [-0.2, -0.15) is 4.31 Å². The molecule has 1 aromatic heterocycles. The van der Waals surface area contributed by atoms with Crippen molar-refractivity contribution in [2.24, 2.45) is 0 Å². The Labute approximate surface area is 184 Å². The molecule has 3 aromatic rings. The van der Waals surface area contributed by atoms with Crippen molar-refractivity contribution in [2.75, 3.05) is 24.7 Å². The van der Waals surface area contributed by atoms with Crippen LogP contribution in [0, 0.1) is 6.92 Å². The van der Waals surface area contributed by atoms with Crippen molar-refractivity contribution < 1.29 is 17.9 Å². The number of anilines is 2. The number of nitrogen functional groups attached to an aromatic ring is 1. The van der Waals surface area contributed by atoms with Gasteiger partial charge in [-0.25, -0.2) is 13.4 Å². The Morgan fingerprint density at radius 3 is 2.68 bits per heavy atom. The number of methoxy groups -OCH3 is 1. The van der Waals surface area contributed by atoms with Gasteiger partial charge in [0.25, 0.3) is 5.91 Å². The second-order valence-corrected chi connectivity index (χ2v) is 10.2. The van der Waals surface area contributed by atoms with Gasteiger partial charge in [-0.15, -0.1) is 11.3 Å². The highest BCUT2D eigenvalue weighted by Gasteiger charge is 2.31. The van der Waals surface area contributed by atoms with E-state index in [0.29, 0.717) is 30.1 Å². The lowest BCUT2D eigenvalue weighted by Gasteiger charge is -2.25. The Hall–Kier alpha value is -2.95. The molecule has 31 heavy (non-hydrogen) atoms. The van der Waals surface area contributed by atoms with E-state index in [9.17, 15) is 13.2 Å². The van der Waals surface area contributed by atoms with E-state index in [4.69, 9.17) is 10.5 Å². The van der Waals surface area contributed by atoms with E-state index in [1.54, 1.807) is 42.5 Å². The van der Waals surface area contributed by atoms with Crippen LogP contribution in [0.1, 0.15) is 25.9 Å². The standard InChI is InChI=1S/C21H22N4O4S2/c1-13-3-6-15(7-4-13)31(27,28)25-10-9-17-19(12-25)30-21(24-17)20(26)23-18-11-14(29-2)5-8-16(18)22/h3-8,11H,9-10,12,22H2,1-2H3,(H,23,26). The number of aryl methyl sites for hydroxylation is 1. The fourth-order valence-corrected chi connectivity index (χ4v) is 5.79. The predicted molar refractivity (Wildman–Crippen MR) is 120 cm³/mol. The number of ether oxygens (including phenoxy) is 1. The molecule has 1 aliphatic heterocycles. The Kier molecular flexibility index (Phi) is 5.69. The molecule has 2 heterocycles. The van der Waals surface area contributed by atoms with Crippen LogP contribution in [0.15, 0.2) is 47.4 Å². The van der Waals surface area contributed by atoms with Gasteiger partial charge >= 0.3 is 0 Å². The van der Waals surface area contributed by atoms with E-state index in [0.717, 1.165) is 16.1 Å². The summed E-state index contributed by atoms with van der Waals surface area (Å²) in [4.78, 5) is 18.2. The maximum atomic E-state index is 13.0. The van der Waals surface area contributed by atoms with Crippen LogP contribution in [0.2, 0.25) is 0 Å². The first-order valence-electron chi connectivity index (χ1n) is 9.58. The van der Waals surface area contributed by atoms with Crippen molar-refractivity contribution in [1.29, 1.82) is 0 Å². The molecule has 1 amide bonds. The smallest absolute Gasteiger partial charge is 0.284 e. The minimum atomic E-state index is -3.61. The van der Waals surface area contributed by atoms with Crippen molar-refractivity contribution in [3.63, 3.8) is 0 Å². The minimum Gasteiger partial charge on any atom is -0.497 e. The molecule has 0 saturated heterocycles. The fraction of sp³-hybridized carbons (Fsp3) is 0.238. The number of sulfonamides is 1. The van der Waals surface area contributed by atoms with Gasteiger partial charge in [-0.05, 0) is 31.2 Å². The molecule has 0 fully saturated rings. The number of nitrogens with zero attached hydrogens (tertiary/aromatic N) is 2. The van der Waals surface area contributed by atoms with Crippen LogP contribution in [0.25, 0.3) is 0 Å². The monoisotopic (exact) mass is 458 g/mol. The number of amides is 1. The molecule has 0 saturated carbocycles. The Morgan fingerprint density at radius 2 is 1.97 bits per heavy atom. The van der Waals surface area contributed by atoms with Crippen molar-refractivity contribution >= 4 is 38.6 Å². The minimum absolute atomic E-state index is 0.192. The molecule has 1 aliphatic rings. The fourth-order valence-electron chi connectivity index (χ4n) is 3.28. The van der Waals surface area contributed by atoms with Crippen LogP contribution in [0.4, 0.5) is 11.4 Å². The van der Waals surface area contributed by atoms with E-state index in [1.807, 2.05) is 6.92 Å². The Balaban J connectivity index is 1.53. The van der Waals surface area contributed by atoms with Gasteiger partial charge < -0.3 is 15.8 Å². The largest absolute Gasteiger partial charge is 0.497 e. The average Bonchev–Trinajstić information content (AvgIpc) is 3.19. The second kappa shape index (κ2) is 8.29. The third kappa shape index (κ3) is 4.27. The van der Waals surface area contributed by atoms with Crippen molar-refractivity contribution in [1.82, 2.24) is 9.29 Å². The Bertz CT molecular complexity index is 1240. The van der Waals surface area contributed by atoms with E-state index in [2.05, 4.69) is 10.3 Å². The summed E-state index contributed by atoms with van der Waals surface area (Å²) in [6.07, 6.45) is 0.450. The predicted octanol–water partition coefficient (Wildman–Crippen LogP) is 3.04. The summed E-state index contributed by atoms with van der Waals surface area (Å²) in [6.45, 7) is 2.42. The number of hydrogen-bond acceptors (Lipinski definition) is 7. The van der Waals surface area contributed by atoms with Gasteiger partial charge in [0.05, 0.1) is 35.6 Å². The maximum absolute atomic E-state index is 13.0. The molecule has 3 N–H and O–H groups in total. The van der Waals surface area contributed by atoms with Gasteiger partial charge in [0.15, 0.2) is 5.01 Å². The van der Waals surface area contributed by atoms with Crippen LogP contribution in [-0.4, -0.2) is 37.3 Å². The van der Waals surface area contributed by atoms with Crippen LogP contribution >= 0.6 is 11.3 Å². The SMILES string of the molecule is COc1ccc(N)c(NC(=O)c2nc3c(s2)CN(S(=O)(=O)c2ccc(C)cc2)CC3)c1. The zero-order valence-corrected chi connectivity index (χ0v) is 18.7. The number of thiazole rings is 1. The molecule has 0 unspecified atom stereocenters. The number of nitrogens with two attached hydrogens (primary N) is 1. The molecule has 4 rings (SSSR count). The van der Waals surface area contributed by atoms with Crippen LogP contribution in [0.5, 0.6) is 5.75 Å². The summed E-state index contributed by atoms with van der Waals surface area (Å²) >= 11 is 1.19. The lowest BCUT2D eigenvalue weighted by atomic mass is 10.2. The van der Waals surface area contributed by atoms with Gasteiger partial charge in [0.1, 0.15) is 5.75 Å². The average molecular weight is 459 g/mol. The van der Waals surface area contributed by atoms with Crippen LogP contribution < -0.4 is 15.8 Å². The second-order valence-electron chi connectivity index (χ2n) is 7.20. The van der Waals surface area contributed by atoms with E-state index < -0.39 is 15.9 Å². The number of aromatic nitrogens is 1. The Morgan fingerprint density at radius 1 is 1.23 bits per heavy atom. The molecular formula is C21H22N4O4S2. The normalized spacial score (nSPS) is 14.1. The molecule has 162 valence electrons. The highest BCUT2D eigenvalue weighted by atomic mass is 32.2. The molecule has 0 atom stereocenters. The lowest BCUT2D eigenvalue weighted by Crippen LogP contribution is -2.35. The first kappa shape index (κ1) is 21.3. The summed E-state index contributed by atoms with van der Waals surface area (Å²) in [5.41, 5.74) is 8.53. The van der Waals surface area contributed by atoms with Crippen molar-refractivity contribution in [2.45, 2.75) is 24.8 Å². The summed E-state index contributed by atoms with van der Waals surface area (Å²) < 4.78 is 32.6. The highest BCUT2D eigenvalue weighted by molar-refractivity contribution is 7.89. The van der Waals surface area contributed by atoms with Crippen molar-refractivity contribution in [3.05, 3.63) is 63.6 Å². The van der Waals surface area contributed by atoms with Gasteiger partial charge in [0.2, 0.25) is 10.0 Å². The summed E-state index contributed by atoms with van der Waals surface area (Å²) in [6, 6.07) is 11.8. The highest BCUT2D eigenvalue weighted by Crippen LogP contribution is 2.30. The van der Waals surface area contributed by atoms with E-state index in [1.165, 1.54) is 22.8 Å². The summed E-state index contributed by atoms with van der Waals surface area (Å²) in [7, 11) is -2.08. The summed E-state index contributed by atoms with van der Waals surface area (Å²) in [5, 5.41) is 3.02. The molecule has 8 nitrogen and oxygen atoms in total. The molecule has 10 heteroatoms. The number of hydrogen-bond donors (Lipinski definition) is 2. The molecule has 0 spiro atoms. The van der Waals surface area contributed by atoms with E-state index >= 15 is 0 Å². The zero-order valence-electron chi connectivity index (χ0n) is 17.1. The molecule has 2 aromatic carbocycles. The third-order valence-corrected chi connectivity index (χ3v) is 8.00. The number of nitrogens with one attached hydrogen (secondary N) is 1. The topological polar surface area (TPSA) is 115 Å². The van der Waals surface area contributed by atoms with Gasteiger partial charge in [-0.1, -0.05) is 17.7 Å². The zero-order chi connectivity index (χ0) is 22.2. The van der Waals surface area contributed by atoms with Gasteiger partial charge in [0, 0.05) is 23.9 Å². The molecule has 0 bridgehead atoms. The molecule has 0 aliphatic carbocycles. The number of carbonyl (C=O) groups is 1. The van der Waals surface area contributed by atoms with E-state index in [-0.39, 0.29) is 16.4 Å². The first-order valence-corrected chi connectivity index (χ1v) is 11.8. The molecule has 0 radical (unpaired) electrons. The number of carbonyl (C=O) groups excluding carboxylic acids is 1. The number of rotatable bonds is 5. The number of benzene rings is 2. The van der Waals surface area contributed by atoms with Gasteiger partial charge in [-0.3, -0.25) is 4.79 Å².